The molecule has 92 valence electrons. The van der Waals surface area contributed by atoms with E-state index in [9.17, 15) is 0 Å². The average Bonchev–Trinajstić information content (AvgIpc) is 2.77. The smallest absolute Gasteiger partial charge is 0.0272 e. The molecule has 1 fully saturated rings. The highest BCUT2D eigenvalue weighted by Gasteiger charge is 2.54. The first-order valence-electron chi connectivity index (χ1n) is 6.90. The van der Waals surface area contributed by atoms with Crippen LogP contribution in [0.25, 0.3) is 0 Å². The molecule has 0 aromatic rings. The largest absolute Gasteiger partial charge is 0.371 e. The lowest BCUT2D eigenvalue weighted by Crippen LogP contribution is -2.31. The van der Waals surface area contributed by atoms with Crippen molar-refractivity contribution in [3.8, 4) is 0 Å². The molecule has 0 saturated heterocycles. The average molecular weight is 221 g/mol. The van der Waals surface area contributed by atoms with Gasteiger partial charge in [-0.1, -0.05) is 27.7 Å². The zero-order valence-electron chi connectivity index (χ0n) is 11.8. The SMILES string of the molecule is CC(C)C1=C(C(C)C)C2(CC2)CN1C(C)C. The van der Waals surface area contributed by atoms with Crippen LogP contribution in [0.5, 0.6) is 0 Å². The zero-order chi connectivity index (χ0) is 12.1. The van der Waals surface area contributed by atoms with Gasteiger partial charge in [-0.25, -0.2) is 0 Å². The molecule has 0 N–H and O–H groups in total. The molecule has 2 aliphatic rings. The summed E-state index contributed by atoms with van der Waals surface area (Å²) < 4.78 is 0. The summed E-state index contributed by atoms with van der Waals surface area (Å²) in [6.07, 6.45) is 2.86. The van der Waals surface area contributed by atoms with E-state index in [1.807, 2.05) is 0 Å². The molecule has 16 heavy (non-hydrogen) atoms. The van der Waals surface area contributed by atoms with E-state index in [2.05, 4.69) is 46.4 Å². The second kappa shape index (κ2) is 3.78. The first-order chi connectivity index (χ1) is 7.39. The zero-order valence-corrected chi connectivity index (χ0v) is 11.8. The van der Waals surface area contributed by atoms with E-state index >= 15 is 0 Å². The lowest BCUT2D eigenvalue weighted by molar-refractivity contribution is 0.260. The van der Waals surface area contributed by atoms with E-state index in [1.54, 1.807) is 11.3 Å². The van der Waals surface area contributed by atoms with Gasteiger partial charge in [0.1, 0.15) is 0 Å². The molecule has 1 aliphatic heterocycles. The Labute approximate surface area is 101 Å². The van der Waals surface area contributed by atoms with Crippen molar-refractivity contribution < 1.29 is 0 Å². The Morgan fingerprint density at radius 3 is 1.81 bits per heavy atom. The van der Waals surface area contributed by atoms with Gasteiger partial charge < -0.3 is 4.90 Å². The molecular weight excluding hydrogens is 194 g/mol. The summed E-state index contributed by atoms with van der Waals surface area (Å²) in [6.45, 7) is 15.4. The van der Waals surface area contributed by atoms with Crippen molar-refractivity contribution in [3.05, 3.63) is 11.3 Å². The predicted molar refractivity (Wildman–Crippen MR) is 70.2 cm³/mol. The molecule has 1 heteroatoms. The normalized spacial score (nSPS) is 23.4. The van der Waals surface area contributed by atoms with Gasteiger partial charge >= 0.3 is 0 Å². The van der Waals surface area contributed by atoms with Crippen LogP contribution in [0.4, 0.5) is 0 Å². The Hall–Kier alpha value is -0.460. The van der Waals surface area contributed by atoms with Gasteiger partial charge in [-0.05, 0) is 44.1 Å². The third-order valence-electron chi connectivity index (χ3n) is 4.23. The highest BCUT2D eigenvalue weighted by atomic mass is 15.2. The van der Waals surface area contributed by atoms with Crippen LogP contribution in [0, 0.1) is 17.3 Å². The van der Waals surface area contributed by atoms with Crippen molar-refractivity contribution in [1.29, 1.82) is 0 Å². The third kappa shape index (κ3) is 1.69. The Kier molecular flexibility index (Phi) is 2.84. The van der Waals surface area contributed by atoms with Crippen molar-refractivity contribution in [2.75, 3.05) is 6.54 Å². The van der Waals surface area contributed by atoms with Gasteiger partial charge in [-0.3, -0.25) is 0 Å². The topological polar surface area (TPSA) is 3.24 Å². The maximum Gasteiger partial charge on any atom is 0.0272 e. The second-order valence-corrected chi connectivity index (χ2v) is 6.61. The fourth-order valence-electron chi connectivity index (χ4n) is 3.51. The number of hydrogen-bond acceptors (Lipinski definition) is 1. The Balaban J connectivity index is 2.42. The molecule has 1 saturated carbocycles. The quantitative estimate of drug-likeness (QED) is 0.695. The predicted octanol–water partition coefficient (Wildman–Crippen LogP) is 4.06. The fourth-order valence-corrected chi connectivity index (χ4v) is 3.51. The monoisotopic (exact) mass is 221 g/mol. The van der Waals surface area contributed by atoms with Crippen LogP contribution < -0.4 is 0 Å². The minimum atomic E-state index is 0.595. The molecule has 0 radical (unpaired) electrons. The fraction of sp³-hybridized carbons (Fsp3) is 0.867. The van der Waals surface area contributed by atoms with Crippen LogP contribution in [-0.2, 0) is 0 Å². The molecule has 0 aromatic carbocycles. The van der Waals surface area contributed by atoms with Crippen molar-refractivity contribution in [1.82, 2.24) is 4.90 Å². The molecular formula is C15H27N. The molecule has 1 nitrogen and oxygen atoms in total. The summed E-state index contributed by atoms with van der Waals surface area (Å²) in [6, 6.07) is 0.658. The van der Waals surface area contributed by atoms with Crippen molar-refractivity contribution in [2.24, 2.45) is 17.3 Å². The van der Waals surface area contributed by atoms with Gasteiger partial charge in [0.05, 0.1) is 0 Å². The van der Waals surface area contributed by atoms with E-state index in [0.717, 1.165) is 5.92 Å². The highest BCUT2D eigenvalue weighted by Crippen LogP contribution is 2.60. The molecule has 1 spiro atoms. The minimum absolute atomic E-state index is 0.595. The van der Waals surface area contributed by atoms with Crippen LogP contribution in [0.3, 0.4) is 0 Å². The number of rotatable bonds is 3. The number of nitrogens with zero attached hydrogens (tertiary/aromatic N) is 1. The van der Waals surface area contributed by atoms with Crippen LogP contribution in [0.1, 0.15) is 54.4 Å². The van der Waals surface area contributed by atoms with Crippen LogP contribution in [0.15, 0.2) is 11.3 Å². The summed E-state index contributed by atoms with van der Waals surface area (Å²) in [4.78, 5) is 2.67. The lowest BCUT2D eigenvalue weighted by Gasteiger charge is -2.30. The first-order valence-corrected chi connectivity index (χ1v) is 6.90. The Bertz CT molecular complexity index is 305. The van der Waals surface area contributed by atoms with Crippen LogP contribution in [-0.4, -0.2) is 17.5 Å². The second-order valence-electron chi connectivity index (χ2n) is 6.61. The van der Waals surface area contributed by atoms with E-state index in [1.165, 1.54) is 19.4 Å². The van der Waals surface area contributed by atoms with Gasteiger partial charge in [-0.15, -0.1) is 0 Å². The van der Waals surface area contributed by atoms with Crippen molar-refractivity contribution in [3.63, 3.8) is 0 Å². The maximum absolute atomic E-state index is 2.67. The first kappa shape index (κ1) is 12.0. The molecule has 0 amide bonds. The highest BCUT2D eigenvalue weighted by molar-refractivity contribution is 5.36. The summed E-state index contributed by atoms with van der Waals surface area (Å²) in [7, 11) is 0. The summed E-state index contributed by atoms with van der Waals surface area (Å²) in [5.41, 5.74) is 4.05. The van der Waals surface area contributed by atoms with Crippen molar-refractivity contribution >= 4 is 0 Å². The van der Waals surface area contributed by atoms with Crippen LogP contribution >= 0.6 is 0 Å². The third-order valence-corrected chi connectivity index (χ3v) is 4.23. The van der Waals surface area contributed by atoms with Gasteiger partial charge in [-0.2, -0.15) is 0 Å². The molecule has 0 bridgehead atoms. The molecule has 0 unspecified atom stereocenters. The minimum Gasteiger partial charge on any atom is -0.371 e. The molecule has 1 heterocycles. The number of allylic oxidation sites excluding steroid dienone is 1. The maximum atomic E-state index is 2.67. The molecule has 2 rings (SSSR count). The molecule has 1 aliphatic carbocycles. The summed E-state index contributed by atoms with van der Waals surface area (Å²) in [5, 5.41) is 0. The molecule has 0 aromatic heterocycles. The van der Waals surface area contributed by atoms with Crippen LogP contribution in [0.2, 0.25) is 0 Å². The lowest BCUT2D eigenvalue weighted by atomic mass is 9.86. The summed E-state index contributed by atoms with van der Waals surface area (Å²) in [5.74, 6) is 1.41. The van der Waals surface area contributed by atoms with Gasteiger partial charge in [0.15, 0.2) is 0 Å². The standard InChI is InChI=1S/C15H27N/c1-10(2)13-14(11(3)4)16(12(5)6)9-15(13)7-8-15/h10-12H,7-9H2,1-6H3. The van der Waals surface area contributed by atoms with Crippen molar-refractivity contribution in [2.45, 2.75) is 60.4 Å². The van der Waals surface area contributed by atoms with E-state index in [0.29, 0.717) is 17.4 Å². The Morgan fingerprint density at radius 2 is 1.50 bits per heavy atom. The summed E-state index contributed by atoms with van der Waals surface area (Å²) >= 11 is 0. The Morgan fingerprint density at radius 1 is 0.938 bits per heavy atom. The van der Waals surface area contributed by atoms with Gasteiger partial charge in [0, 0.05) is 23.7 Å². The van der Waals surface area contributed by atoms with E-state index < -0.39 is 0 Å². The van der Waals surface area contributed by atoms with Gasteiger partial charge in [0.2, 0.25) is 0 Å². The molecule has 0 atom stereocenters. The number of hydrogen-bond donors (Lipinski definition) is 0. The van der Waals surface area contributed by atoms with E-state index in [4.69, 9.17) is 0 Å². The van der Waals surface area contributed by atoms with Gasteiger partial charge in [0.25, 0.3) is 0 Å². The van der Waals surface area contributed by atoms with E-state index in [-0.39, 0.29) is 0 Å².